The van der Waals surface area contributed by atoms with Crippen molar-refractivity contribution in [1.29, 1.82) is 0 Å². The minimum Gasteiger partial charge on any atom is -0.444 e. The summed E-state index contributed by atoms with van der Waals surface area (Å²) >= 11 is 0. The minimum atomic E-state index is -2.99. The van der Waals surface area contributed by atoms with Crippen LogP contribution in [-0.2, 0) is 18.0 Å². The van der Waals surface area contributed by atoms with Crippen molar-refractivity contribution in [3.05, 3.63) is 60.7 Å². The lowest BCUT2D eigenvalue weighted by atomic mass is 9.99. The normalized spacial score (nSPS) is 15.6. The van der Waals surface area contributed by atoms with Gasteiger partial charge in [0.25, 0.3) is 8.32 Å². The van der Waals surface area contributed by atoms with Crippen LogP contribution in [0.15, 0.2) is 60.7 Å². The van der Waals surface area contributed by atoms with Crippen LogP contribution in [0.4, 0.5) is 4.79 Å². The van der Waals surface area contributed by atoms with Gasteiger partial charge in [-0.15, -0.1) is 0 Å². The third kappa shape index (κ3) is 17.9. The molecule has 0 unspecified atom stereocenters. The van der Waals surface area contributed by atoms with Gasteiger partial charge in [0.2, 0.25) is 0 Å². The molecule has 0 saturated carbocycles. The van der Waals surface area contributed by atoms with Gasteiger partial charge in [0.1, 0.15) is 5.60 Å². The number of aliphatic hydroxyl groups is 1. The van der Waals surface area contributed by atoms with E-state index in [4.69, 9.17) is 18.0 Å². The highest BCUT2D eigenvalue weighted by molar-refractivity contribution is 6.99. The molecule has 0 bridgehead atoms. The number of hydrogen-bond donors (Lipinski definition) is 2. The molecule has 0 radical (unpaired) electrons. The van der Waals surface area contributed by atoms with E-state index >= 15 is 0 Å². The molecule has 356 valence electrons. The lowest BCUT2D eigenvalue weighted by molar-refractivity contribution is -0.0162. The summed E-state index contributed by atoms with van der Waals surface area (Å²) in [4.78, 5) is 13.7. The first kappa shape index (κ1) is 56.3. The molecule has 2 aromatic rings. The van der Waals surface area contributed by atoms with Crippen molar-refractivity contribution in [1.82, 2.24) is 5.32 Å². The van der Waals surface area contributed by atoms with Crippen molar-refractivity contribution >= 4 is 41.4 Å². The molecule has 0 aliphatic carbocycles. The van der Waals surface area contributed by atoms with E-state index in [9.17, 15) is 9.90 Å². The molecular formula is C52H95NO6Si3. The van der Waals surface area contributed by atoms with E-state index in [1.54, 1.807) is 0 Å². The average molecular weight is 915 g/mol. The Morgan fingerprint density at radius 3 is 1.44 bits per heavy atom. The third-order valence-electron chi connectivity index (χ3n) is 13.4. The predicted octanol–water partition coefficient (Wildman–Crippen LogP) is 13.5. The first-order chi connectivity index (χ1) is 28.4. The molecule has 0 fully saturated rings. The summed E-state index contributed by atoms with van der Waals surface area (Å²) in [5.74, 6) is 0.645. The molecule has 62 heavy (non-hydrogen) atoms. The summed E-state index contributed by atoms with van der Waals surface area (Å²) < 4.78 is 27.4. The van der Waals surface area contributed by atoms with Gasteiger partial charge >= 0.3 is 6.09 Å². The smallest absolute Gasteiger partial charge is 0.408 e. The zero-order valence-electron chi connectivity index (χ0n) is 43.1. The number of aliphatic hydroxyl groups excluding tert-OH is 1. The van der Waals surface area contributed by atoms with Gasteiger partial charge in [-0.25, -0.2) is 4.79 Å². The van der Waals surface area contributed by atoms with Crippen LogP contribution in [0, 0.1) is 5.92 Å². The van der Waals surface area contributed by atoms with Crippen LogP contribution in [0.25, 0.3) is 0 Å². The van der Waals surface area contributed by atoms with Crippen molar-refractivity contribution in [2.45, 2.75) is 239 Å². The molecule has 1 amide bonds. The van der Waals surface area contributed by atoms with Crippen LogP contribution in [0.1, 0.15) is 168 Å². The van der Waals surface area contributed by atoms with Crippen molar-refractivity contribution in [2.24, 2.45) is 5.92 Å². The highest BCUT2D eigenvalue weighted by Crippen LogP contribution is 2.41. The first-order valence-electron chi connectivity index (χ1n) is 24.2. The van der Waals surface area contributed by atoms with E-state index in [1.807, 2.05) is 32.9 Å². The Hall–Kier alpha value is -1.80. The molecular weight excluding hydrogens is 819 g/mol. The molecule has 0 spiro atoms. The van der Waals surface area contributed by atoms with E-state index in [2.05, 4.69) is 156 Å². The Morgan fingerprint density at radius 2 is 1.03 bits per heavy atom. The molecule has 2 aromatic carbocycles. The fraction of sp³-hybridized carbons (Fsp3) is 0.750. The fourth-order valence-electron chi connectivity index (χ4n) is 7.89. The monoisotopic (exact) mass is 914 g/mol. The molecule has 0 aromatic heterocycles. The maximum atomic E-state index is 13.7. The number of hydrogen-bond acceptors (Lipinski definition) is 6. The summed E-state index contributed by atoms with van der Waals surface area (Å²) in [5, 5.41) is 17.6. The maximum absolute atomic E-state index is 13.7. The second-order valence-electron chi connectivity index (χ2n) is 23.7. The van der Waals surface area contributed by atoms with Crippen LogP contribution in [0.2, 0.25) is 41.3 Å². The number of nitrogens with one attached hydrogen (secondary N) is 1. The first-order valence-corrected chi connectivity index (χ1v) is 31.9. The van der Waals surface area contributed by atoms with Crippen molar-refractivity contribution in [3.8, 4) is 0 Å². The lowest BCUT2D eigenvalue weighted by Crippen LogP contribution is -2.68. The molecule has 4 atom stereocenters. The van der Waals surface area contributed by atoms with Gasteiger partial charge in [0.15, 0.2) is 16.6 Å². The second-order valence-corrected chi connectivity index (χ2v) is 37.5. The molecule has 2 N–H and O–H groups in total. The van der Waals surface area contributed by atoms with Crippen LogP contribution < -0.4 is 15.7 Å². The lowest BCUT2D eigenvalue weighted by Gasteiger charge is -2.46. The zero-order chi connectivity index (χ0) is 47.2. The van der Waals surface area contributed by atoms with Crippen molar-refractivity contribution in [2.75, 3.05) is 6.61 Å². The third-order valence-corrected chi connectivity index (χ3v) is 27.4. The molecule has 0 aliphatic rings. The Labute approximate surface area is 385 Å². The Bertz CT molecular complexity index is 1520. The van der Waals surface area contributed by atoms with E-state index in [0.717, 1.165) is 42.5 Å². The SMILES string of the molecule is CC(C)C[C@H](CCCCCCCCCC[C@@H](O)[C@@H](O[Si](C)(C)C(C)(C)C)[C@H](CO[Si](c1ccccc1)(c1ccccc1)C(C)(C)C)NC(=O)OC(C)(C)C)O[Si](C)(C)C(C)(C)C. The Morgan fingerprint density at radius 1 is 0.613 bits per heavy atom. The highest BCUT2D eigenvalue weighted by atomic mass is 28.4. The largest absolute Gasteiger partial charge is 0.444 e. The van der Waals surface area contributed by atoms with Gasteiger partial charge in [-0.05, 0) is 97.6 Å². The zero-order valence-corrected chi connectivity index (χ0v) is 46.1. The van der Waals surface area contributed by atoms with Crippen molar-refractivity contribution in [3.63, 3.8) is 0 Å². The molecule has 2 rings (SSSR count). The van der Waals surface area contributed by atoms with Crippen LogP contribution in [-0.4, -0.2) is 72.7 Å². The molecule has 7 nitrogen and oxygen atoms in total. The number of unbranched alkanes of at least 4 members (excludes halogenated alkanes) is 7. The summed E-state index contributed by atoms with van der Waals surface area (Å²) in [5.41, 5.74) is -0.697. The number of rotatable bonds is 25. The Balaban J connectivity index is 2.26. The maximum Gasteiger partial charge on any atom is 0.408 e. The average Bonchev–Trinajstić information content (AvgIpc) is 3.12. The topological polar surface area (TPSA) is 86.2 Å². The minimum absolute atomic E-state index is 0.118. The van der Waals surface area contributed by atoms with Crippen LogP contribution >= 0.6 is 0 Å². The van der Waals surface area contributed by atoms with Gasteiger partial charge in [0.05, 0.1) is 24.9 Å². The molecule has 10 heteroatoms. The predicted molar refractivity (Wildman–Crippen MR) is 273 cm³/mol. The van der Waals surface area contributed by atoms with Gasteiger partial charge in [0, 0.05) is 6.10 Å². The number of carbonyl (C=O) groups is 1. The number of amides is 1. The summed E-state index contributed by atoms with van der Waals surface area (Å²) in [6, 6.07) is 20.4. The number of benzene rings is 2. The van der Waals surface area contributed by atoms with Gasteiger partial charge in [-0.1, -0.05) is 188 Å². The molecule has 0 heterocycles. The number of ether oxygens (including phenoxy) is 1. The second kappa shape index (κ2) is 24.1. The summed E-state index contributed by atoms with van der Waals surface area (Å²) in [6.07, 6.45) is 10.5. The van der Waals surface area contributed by atoms with E-state index in [0.29, 0.717) is 18.4 Å². The summed E-state index contributed by atoms with van der Waals surface area (Å²) in [6.45, 7) is 40.0. The van der Waals surface area contributed by atoms with E-state index < -0.39 is 54.9 Å². The van der Waals surface area contributed by atoms with Gasteiger partial charge in [-0.2, -0.15) is 0 Å². The van der Waals surface area contributed by atoms with Crippen LogP contribution in [0.5, 0.6) is 0 Å². The van der Waals surface area contributed by atoms with E-state index in [1.165, 1.54) is 32.1 Å². The number of alkyl carbamates (subject to hydrolysis) is 1. The highest BCUT2D eigenvalue weighted by Gasteiger charge is 2.52. The summed E-state index contributed by atoms with van der Waals surface area (Å²) in [7, 11) is -7.22. The number of carbonyl (C=O) groups excluding carboxylic acids is 1. The fourth-order valence-corrected chi connectivity index (χ4v) is 15.2. The standard InChI is InChI=1S/C52H95NO6Si3/c1-41(2)39-42(58-60(15,16)50(6,7)8)33-27-23-21-19-20-22-24-32-38-46(54)47(59-61(17,18)51(9,10)11)45(53-48(55)57-49(3,4)5)40-56-62(52(12,13)14,43-34-28-25-29-35-43)44-36-30-26-31-37-44/h25-26,28-31,34-37,41-42,45-47,54H,19-24,27,32-33,38-40H2,1-18H3,(H,53,55)/t42-,45-,46+,47-/m0/s1. The van der Waals surface area contributed by atoms with Crippen LogP contribution in [0.3, 0.4) is 0 Å². The molecule has 0 saturated heterocycles. The van der Waals surface area contributed by atoms with Crippen molar-refractivity contribution < 1.29 is 27.9 Å². The van der Waals surface area contributed by atoms with E-state index in [-0.39, 0.29) is 21.7 Å². The van der Waals surface area contributed by atoms with Gasteiger partial charge < -0.3 is 28.4 Å². The van der Waals surface area contributed by atoms with Gasteiger partial charge in [-0.3, -0.25) is 0 Å². The Kier molecular flexibility index (Phi) is 21.9. The quantitative estimate of drug-likeness (QED) is 0.0762. The molecule has 0 aliphatic heterocycles.